The number of amides is 1. The van der Waals surface area contributed by atoms with Gasteiger partial charge in [0.1, 0.15) is 0 Å². The van der Waals surface area contributed by atoms with E-state index < -0.39 is 0 Å². The lowest BCUT2D eigenvalue weighted by Crippen LogP contribution is -2.49. The van der Waals surface area contributed by atoms with Gasteiger partial charge in [-0.3, -0.25) is 14.6 Å². The van der Waals surface area contributed by atoms with E-state index in [9.17, 15) is 4.79 Å². The zero-order valence-corrected chi connectivity index (χ0v) is 17.8. The van der Waals surface area contributed by atoms with Gasteiger partial charge in [0.25, 0.3) is 0 Å². The third kappa shape index (κ3) is 6.75. The molecule has 2 aliphatic rings. The summed E-state index contributed by atoms with van der Waals surface area (Å²) in [5.41, 5.74) is 4.31. The van der Waals surface area contributed by atoms with Gasteiger partial charge in [-0.25, -0.2) is 0 Å². The molecule has 1 aromatic carbocycles. The fraction of sp³-hybridized carbons (Fsp3) is 0.625. The molecule has 1 N–H and O–H groups in total. The number of carbonyl (C=O) groups excluding carboxylic acids is 1. The lowest BCUT2D eigenvalue weighted by Gasteiger charge is -2.34. The fourth-order valence-electron chi connectivity index (χ4n) is 4.12. The Morgan fingerprint density at radius 3 is 2.39 bits per heavy atom. The third-order valence-electron chi connectivity index (χ3n) is 6.04. The Labute approximate surface area is 171 Å². The van der Waals surface area contributed by atoms with Crippen LogP contribution in [0, 0.1) is 0 Å². The Kier molecular flexibility index (Phi) is 8.11. The van der Waals surface area contributed by atoms with E-state index in [4.69, 9.17) is 0 Å². The van der Waals surface area contributed by atoms with Crippen LogP contribution in [0.15, 0.2) is 35.9 Å². The van der Waals surface area contributed by atoms with Gasteiger partial charge in [-0.05, 0) is 49.1 Å². The summed E-state index contributed by atoms with van der Waals surface area (Å²) >= 11 is 0. The molecule has 1 heterocycles. The third-order valence-corrected chi connectivity index (χ3v) is 6.04. The normalized spacial score (nSPS) is 18.9. The molecule has 4 nitrogen and oxygen atoms in total. The summed E-state index contributed by atoms with van der Waals surface area (Å²) in [5, 5.41) is 3.11. The predicted molar refractivity (Wildman–Crippen MR) is 116 cm³/mol. The summed E-state index contributed by atoms with van der Waals surface area (Å²) in [4.78, 5) is 17.0. The molecule has 3 rings (SSSR count). The zero-order valence-electron chi connectivity index (χ0n) is 17.8. The Morgan fingerprint density at radius 1 is 1.04 bits per heavy atom. The molecule has 0 spiro atoms. The van der Waals surface area contributed by atoms with Crippen molar-refractivity contribution in [2.45, 2.75) is 58.4 Å². The zero-order chi connectivity index (χ0) is 19.8. The van der Waals surface area contributed by atoms with Crippen LogP contribution in [0.4, 0.5) is 0 Å². The highest BCUT2D eigenvalue weighted by Crippen LogP contribution is 2.19. The molecule has 0 aromatic heterocycles. The summed E-state index contributed by atoms with van der Waals surface area (Å²) in [7, 11) is 0. The summed E-state index contributed by atoms with van der Waals surface area (Å²) < 4.78 is 0. The lowest BCUT2D eigenvalue weighted by atomic mass is 9.97. The average molecular weight is 384 g/mol. The van der Waals surface area contributed by atoms with Crippen LogP contribution in [-0.2, 0) is 11.3 Å². The first-order valence-electron chi connectivity index (χ1n) is 11.1. The standard InChI is InChI=1S/C24H37N3O/c1-20(2)23-10-8-22(9-11-23)18-26-14-16-27(17-15-26)19-24(28)25-13-12-21-6-4-3-5-7-21/h6,8-11,20H,3-5,7,12-19H2,1-2H3,(H,25,28). The second-order valence-electron chi connectivity index (χ2n) is 8.66. The monoisotopic (exact) mass is 383 g/mol. The van der Waals surface area contributed by atoms with Crippen LogP contribution in [0.1, 0.15) is 63.0 Å². The molecule has 1 amide bonds. The van der Waals surface area contributed by atoms with Gasteiger partial charge in [0.15, 0.2) is 0 Å². The minimum atomic E-state index is 0.175. The number of hydrogen-bond donors (Lipinski definition) is 1. The molecule has 154 valence electrons. The summed E-state index contributed by atoms with van der Waals surface area (Å²) in [6.07, 6.45) is 8.46. The maximum atomic E-state index is 12.2. The van der Waals surface area contributed by atoms with Gasteiger partial charge < -0.3 is 5.32 Å². The van der Waals surface area contributed by atoms with E-state index in [1.54, 1.807) is 0 Å². The van der Waals surface area contributed by atoms with Crippen LogP contribution < -0.4 is 5.32 Å². The van der Waals surface area contributed by atoms with E-state index in [1.807, 2.05) is 0 Å². The molecule has 1 saturated heterocycles. The van der Waals surface area contributed by atoms with Crippen LogP contribution in [0.2, 0.25) is 0 Å². The van der Waals surface area contributed by atoms with Crippen LogP contribution >= 0.6 is 0 Å². The number of rotatable bonds is 8. The average Bonchev–Trinajstić information content (AvgIpc) is 2.71. The largest absolute Gasteiger partial charge is 0.355 e. The topological polar surface area (TPSA) is 35.6 Å². The minimum Gasteiger partial charge on any atom is -0.355 e. The van der Waals surface area contributed by atoms with Gasteiger partial charge in [-0.2, -0.15) is 0 Å². The molecular formula is C24H37N3O. The second kappa shape index (κ2) is 10.8. The quantitative estimate of drug-likeness (QED) is 0.691. The smallest absolute Gasteiger partial charge is 0.234 e. The van der Waals surface area contributed by atoms with Crippen molar-refractivity contribution in [3.05, 3.63) is 47.0 Å². The SMILES string of the molecule is CC(C)c1ccc(CN2CCN(CC(=O)NCCC3=CCCCC3)CC2)cc1. The maximum Gasteiger partial charge on any atom is 0.234 e. The number of piperazine rings is 1. The number of allylic oxidation sites excluding steroid dienone is 1. The van der Waals surface area contributed by atoms with E-state index in [2.05, 4.69) is 59.3 Å². The summed E-state index contributed by atoms with van der Waals surface area (Å²) in [5.74, 6) is 0.761. The second-order valence-corrected chi connectivity index (χ2v) is 8.66. The molecule has 1 aliphatic heterocycles. The van der Waals surface area contributed by atoms with Crippen LogP contribution in [-0.4, -0.2) is 55.0 Å². The lowest BCUT2D eigenvalue weighted by molar-refractivity contribution is -0.122. The van der Waals surface area contributed by atoms with Gasteiger partial charge in [0.2, 0.25) is 5.91 Å². The molecule has 28 heavy (non-hydrogen) atoms. The highest BCUT2D eigenvalue weighted by molar-refractivity contribution is 5.78. The first-order valence-corrected chi connectivity index (χ1v) is 11.1. The van der Waals surface area contributed by atoms with Crippen LogP contribution in [0.3, 0.4) is 0 Å². The molecule has 1 fully saturated rings. The van der Waals surface area contributed by atoms with Gasteiger partial charge in [-0.15, -0.1) is 0 Å². The number of carbonyl (C=O) groups is 1. The Hall–Kier alpha value is -1.65. The Bertz CT molecular complexity index is 642. The van der Waals surface area contributed by atoms with Crippen molar-refractivity contribution in [3.63, 3.8) is 0 Å². The van der Waals surface area contributed by atoms with Gasteiger partial charge in [0.05, 0.1) is 6.54 Å². The van der Waals surface area contributed by atoms with E-state index in [0.29, 0.717) is 12.5 Å². The fourth-order valence-corrected chi connectivity index (χ4v) is 4.12. The minimum absolute atomic E-state index is 0.175. The Morgan fingerprint density at radius 2 is 1.75 bits per heavy atom. The molecule has 0 unspecified atom stereocenters. The van der Waals surface area contributed by atoms with Crippen molar-refractivity contribution >= 4 is 5.91 Å². The number of benzene rings is 1. The van der Waals surface area contributed by atoms with Gasteiger partial charge in [0, 0.05) is 39.3 Å². The van der Waals surface area contributed by atoms with Crippen molar-refractivity contribution in [2.75, 3.05) is 39.3 Å². The number of nitrogens with zero attached hydrogens (tertiary/aromatic N) is 2. The van der Waals surface area contributed by atoms with Crippen molar-refractivity contribution < 1.29 is 4.79 Å². The number of nitrogens with one attached hydrogen (secondary N) is 1. The molecule has 0 atom stereocenters. The first kappa shape index (κ1) is 21.1. The highest BCUT2D eigenvalue weighted by Gasteiger charge is 2.19. The summed E-state index contributed by atoms with van der Waals surface area (Å²) in [6.45, 7) is 10.8. The van der Waals surface area contributed by atoms with Gasteiger partial charge in [-0.1, -0.05) is 49.8 Å². The molecule has 1 aliphatic carbocycles. The van der Waals surface area contributed by atoms with E-state index >= 15 is 0 Å². The molecule has 4 heteroatoms. The van der Waals surface area contributed by atoms with Crippen LogP contribution in [0.25, 0.3) is 0 Å². The molecule has 1 aromatic rings. The highest BCUT2D eigenvalue weighted by atomic mass is 16.2. The van der Waals surface area contributed by atoms with E-state index in [0.717, 1.165) is 45.7 Å². The number of hydrogen-bond acceptors (Lipinski definition) is 3. The molecule has 0 radical (unpaired) electrons. The molecular weight excluding hydrogens is 346 g/mol. The van der Waals surface area contributed by atoms with Crippen molar-refractivity contribution in [1.82, 2.24) is 15.1 Å². The van der Waals surface area contributed by atoms with Crippen molar-refractivity contribution in [1.29, 1.82) is 0 Å². The molecule has 0 bridgehead atoms. The molecule has 0 saturated carbocycles. The predicted octanol–water partition coefficient (Wildman–Crippen LogP) is 3.93. The van der Waals surface area contributed by atoms with E-state index in [1.165, 1.54) is 42.4 Å². The van der Waals surface area contributed by atoms with Gasteiger partial charge >= 0.3 is 0 Å². The van der Waals surface area contributed by atoms with Crippen molar-refractivity contribution in [2.24, 2.45) is 0 Å². The van der Waals surface area contributed by atoms with Crippen molar-refractivity contribution in [3.8, 4) is 0 Å². The van der Waals surface area contributed by atoms with Crippen LogP contribution in [0.5, 0.6) is 0 Å². The van der Waals surface area contributed by atoms with E-state index in [-0.39, 0.29) is 5.91 Å². The Balaban J connectivity index is 1.32. The maximum absolute atomic E-state index is 12.2. The first-order chi connectivity index (χ1) is 13.6. The summed E-state index contributed by atoms with van der Waals surface area (Å²) in [6, 6.07) is 9.03.